The second-order valence-corrected chi connectivity index (χ2v) is 9.26. The van der Waals surface area contributed by atoms with Crippen molar-refractivity contribution in [3.63, 3.8) is 0 Å². The third kappa shape index (κ3) is 5.35. The number of hydrogen-bond acceptors (Lipinski definition) is 6. The summed E-state index contributed by atoms with van der Waals surface area (Å²) in [6, 6.07) is 16.3. The number of hydrogen-bond donors (Lipinski definition) is 1. The first-order valence-electron chi connectivity index (χ1n) is 10.3. The molecular formula is C23H25FN4O3S. The smallest absolute Gasteiger partial charge is 0.261 e. The van der Waals surface area contributed by atoms with Gasteiger partial charge in [-0.25, -0.2) is 17.8 Å². The van der Waals surface area contributed by atoms with E-state index in [0.29, 0.717) is 5.69 Å². The van der Waals surface area contributed by atoms with Gasteiger partial charge in [-0.3, -0.25) is 9.62 Å². The summed E-state index contributed by atoms with van der Waals surface area (Å²) in [5.41, 5.74) is 1.60. The Kier molecular flexibility index (Phi) is 6.57. The van der Waals surface area contributed by atoms with Crippen LogP contribution in [0.4, 0.5) is 15.9 Å². The molecular weight excluding hydrogens is 431 g/mol. The van der Waals surface area contributed by atoms with Crippen LogP contribution < -0.4 is 14.4 Å². The Labute approximate surface area is 187 Å². The lowest BCUT2D eigenvalue weighted by Crippen LogP contribution is -2.46. The third-order valence-electron chi connectivity index (χ3n) is 5.39. The van der Waals surface area contributed by atoms with Crippen molar-refractivity contribution in [3.8, 4) is 5.75 Å². The Morgan fingerprint density at radius 3 is 2.25 bits per heavy atom. The molecule has 0 unspecified atom stereocenters. The van der Waals surface area contributed by atoms with Crippen molar-refractivity contribution >= 4 is 21.5 Å². The first kappa shape index (κ1) is 22.0. The van der Waals surface area contributed by atoms with Crippen LogP contribution in [0.15, 0.2) is 71.8 Å². The topological polar surface area (TPSA) is 74.8 Å². The van der Waals surface area contributed by atoms with Crippen LogP contribution in [-0.4, -0.2) is 51.6 Å². The summed E-state index contributed by atoms with van der Waals surface area (Å²) in [5.74, 6) is 1.17. The molecule has 32 heavy (non-hydrogen) atoms. The van der Waals surface area contributed by atoms with Crippen molar-refractivity contribution in [2.75, 3.05) is 42.9 Å². The zero-order valence-electron chi connectivity index (χ0n) is 17.7. The molecule has 0 radical (unpaired) electrons. The third-order valence-corrected chi connectivity index (χ3v) is 6.78. The van der Waals surface area contributed by atoms with Gasteiger partial charge in [0.2, 0.25) is 0 Å². The van der Waals surface area contributed by atoms with E-state index in [9.17, 15) is 12.8 Å². The summed E-state index contributed by atoms with van der Waals surface area (Å²) in [6.07, 6.45) is 1.50. The molecule has 4 rings (SSSR count). The number of pyridine rings is 1. The minimum absolute atomic E-state index is 0.00374. The van der Waals surface area contributed by atoms with Gasteiger partial charge in [-0.05, 0) is 54.1 Å². The van der Waals surface area contributed by atoms with E-state index in [1.54, 1.807) is 13.2 Å². The molecule has 0 atom stereocenters. The zero-order valence-corrected chi connectivity index (χ0v) is 18.6. The van der Waals surface area contributed by atoms with Gasteiger partial charge in [0.05, 0.1) is 23.9 Å². The molecule has 1 fully saturated rings. The van der Waals surface area contributed by atoms with Gasteiger partial charge in [0, 0.05) is 32.7 Å². The van der Waals surface area contributed by atoms with Gasteiger partial charge >= 0.3 is 0 Å². The number of nitrogens with one attached hydrogen (secondary N) is 1. The number of nitrogens with zero attached hydrogens (tertiary/aromatic N) is 3. The van der Waals surface area contributed by atoms with Gasteiger partial charge in [0.25, 0.3) is 10.0 Å². The van der Waals surface area contributed by atoms with Gasteiger partial charge in [-0.15, -0.1) is 0 Å². The molecule has 168 valence electrons. The summed E-state index contributed by atoms with van der Waals surface area (Å²) in [5, 5.41) is 0. The first-order chi connectivity index (χ1) is 15.4. The number of halogens is 1. The van der Waals surface area contributed by atoms with Gasteiger partial charge < -0.3 is 9.64 Å². The second-order valence-electron chi connectivity index (χ2n) is 7.58. The van der Waals surface area contributed by atoms with Crippen LogP contribution in [0.1, 0.15) is 5.56 Å². The molecule has 0 amide bonds. The normalized spacial score (nSPS) is 14.9. The van der Waals surface area contributed by atoms with Crippen molar-refractivity contribution in [2.45, 2.75) is 11.4 Å². The monoisotopic (exact) mass is 456 g/mol. The van der Waals surface area contributed by atoms with E-state index in [2.05, 4.69) is 31.6 Å². The Morgan fingerprint density at radius 1 is 0.969 bits per heavy atom. The molecule has 0 aliphatic carbocycles. The number of aromatic nitrogens is 1. The highest BCUT2D eigenvalue weighted by molar-refractivity contribution is 7.92. The quantitative estimate of drug-likeness (QED) is 0.588. The minimum atomic E-state index is -3.79. The van der Waals surface area contributed by atoms with Crippen LogP contribution in [0.3, 0.4) is 0 Å². The fraction of sp³-hybridized carbons (Fsp3) is 0.261. The molecule has 0 spiro atoms. The Morgan fingerprint density at radius 2 is 1.66 bits per heavy atom. The number of piperazine rings is 1. The summed E-state index contributed by atoms with van der Waals surface area (Å²) >= 11 is 0. The van der Waals surface area contributed by atoms with E-state index >= 15 is 0 Å². The molecule has 2 heterocycles. The van der Waals surface area contributed by atoms with E-state index in [0.717, 1.165) is 56.4 Å². The minimum Gasteiger partial charge on any atom is -0.497 e. The SMILES string of the molecule is COc1ccc(CN2CCN(c3ccc(NS(=O)(=O)c4ccc(F)cc4)cn3)CC2)cc1. The lowest BCUT2D eigenvalue weighted by Gasteiger charge is -2.35. The molecule has 0 saturated carbocycles. The van der Waals surface area contributed by atoms with E-state index in [1.807, 2.05) is 18.2 Å². The number of methoxy groups -OCH3 is 1. The van der Waals surface area contributed by atoms with Crippen LogP contribution in [0, 0.1) is 5.82 Å². The molecule has 1 aromatic heterocycles. The number of anilines is 2. The van der Waals surface area contributed by atoms with Crippen molar-refractivity contribution < 1.29 is 17.5 Å². The first-order valence-corrected chi connectivity index (χ1v) is 11.8. The average molecular weight is 457 g/mol. The van der Waals surface area contributed by atoms with E-state index in [-0.39, 0.29) is 4.90 Å². The summed E-state index contributed by atoms with van der Waals surface area (Å²) < 4.78 is 45.6. The predicted molar refractivity (Wildman–Crippen MR) is 122 cm³/mol. The maximum Gasteiger partial charge on any atom is 0.261 e. The lowest BCUT2D eigenvalue weighted by atomic mass is 10.2. The molecule has 1 saturated heterocycles. The second kappa shape index (κ2) is 9.54. The maximum absolute atomic E-state index is 13.0. The summed E-state index contributed by atoms with van der Waals surface area (Å²) in [6.45, 7) is 4.38. The zero-order chi connectivity index (χ0) is 22.6. The van der Waals surface area contributed by atoms with Gasteiger partial charge in [0.15, 0.2) is 0 Å². The summed E-state index contributed by atoms with van der Waals surface area (Å²) in [4.78, 5) is 9.00. The molecule has 0 bridgehead atoms. The van der Waals surface area contributed by atoms with Crippen molar-refractivity contribution in [1.82, 2.24) is 9.88 Å². The van der Waals surface area contributed by atoms with Crippen LogP contribution in [0.2, 0.25) is 0 Å². The highest BCUT2D eigenvalue weighted by Crippen LogP contribution is 2.20. The van der Waals surface area contributed by atoms with Crippen LogP contribution >= 0.6 is 0 Å². The van der Waals surface area contributed by atoms with E-state index < -0.39 is 15.8 Å². The molecule has 3 aromatic rings. The Hall–Kier alpha value is -3.17. The molecule has 7 nitrogen and oxygen atoms in total. The average Bonchev–Trinajstić information content (AvgIpc) is 2.81. The van der Waals surface area contributed by atoms with Gasteiger partial charge in [0.1, 0.15) is 17.4 Å². The number of rotatable bonds is 7. The largest absolute Gasteiger partial charge is 0.497 e. The van der Waals surface area contributed by atoms with Gasteiger partial charge in [-0.2, -0.15) is 0 Å². The van der Waals surface area contributed by atoms with Gasteiger partial charge in [-0.1, -0.05) is 12.1 Å². The summed E-state index contributed by atoms with van der Waals surface area (Å²) in [7, 11) is -2.13. The standard InChI is InChI=1S/C23H25FN4O3S/c1-31-21-7-2-18(3-8-21)17-27-12-14-28(15-13-27)23-11-6-20(16-25-23)26-32(29,30)22-9-4-19(24)5-10-22/h2-11,16,26H,12-15,17H2,1H3. The fourth-order valence-corrected chi connectivity index (χ4v) is 4.63. The molecule has 9 heteroatoms. The van der Waals surface area contributed by atoms with Crippen molar-refractivity contribution in [3.05, 3.63) is 78.2 Å². The van der Waals surface area contributed by atoms with Crippen LogP contribution in [0.25, 0.3) is 0 Å². The van der Waals surface area contributed by atoms with Crippen LogP contribution in [0.5, 0.6) is 5.75 Å². The van der Waals surface area contributed by atoms with Crippen LogP contribution in [-0.2, 0) is 16.6 Å². The van der Waals surface area contributed by atoms with Crippen molar-refractivity contribution in [1.29, 1.82) is 0 Å². The predicted octanol–water partition coefficient (Wildman–Crippen LogP) is 3.35. The van der Waals surface area contributed by atoms with E-state index in [4.69, 9.17) is 4.74 Å². The Bertz CT molecular complexity index is 1130. The number of sulfonamides is 1. The number of benzene rings is 2. The molecule has 1 N–H and O–H groups in total. The lowest BCUT2D eigenvalue weighted by molar-refractivity contribution is 0.249. The van der Waals surface area contributed by atoms with E-state index in [1.165, 1.54) is 23.9 Å². The number of ether oxygens (including phenoxy) is 1. The van der Waals surface area contributed by atoms with Crippen molar-refractivity contribution in [2.24, 2.45) is 0 Å². The fourth-order valence-electron chi connectivity index (χ4n) is 3.59. The Balaban J connectivity index is 1.32. The highest BCUT2D eigenvalue weighted by atomic mass is 32.2. The molecule has 1 aliphatic rings. The molecule has 2 aromatic carbocycles. The maximum atomic E-state index is 13.0. The highest BCUT2D eigenvalue weighted by Gasteiger charge is 2.19. The molecule has 1 aliphatic heterocycles.